The summed E-state index contributed by atoms with van der Waals surface area (Å²) in [7, 11) is 0. The van der Waals surface area contributed by atoms with Crippen LogP contribution in [-0.4, -0.2) is 32.2 Å². The molecule has 0 spiro atoms. The predicted molar refractivity (Wildman–Crippen MR) is 121 cm³/mol. The van der Waals surface area contributed by atoms with Crippen molar-refractivity contribution in [2.75, 3.05) is 12.3 Å². The number of anilines is 1. The monoisotopic (exact) mass is 435 g/mol. The molecule has 2 aromatic carbocycles. The van der Waals surface area contributed by atoms with Gasteiger partial charge in [0.1, 0.15) is 0 Å². The summed E-state index contributed by atoms with van der Waals surface area (Å²) in [5.74, 6) is 0.0253. The van der Waals surface area contributed by atoms with Gasteiger partial charge in [0.15, 0.2) is 5.65 Å². The van der Waals surface area contributed by atoms with E-state index in [0.29, 0.717) is 29.2 Å². The van der Waals surface area contributed by atoms with E-state index in [-0.39, 0.29) is 11.9 Å². The summed E-state index contributed by atoms with van der Waals surface area (Å²) in [6.07, 6.45) is 1.51. The molecule has 158 valence electrons. The van der Waals surface area contributed by atoms with Crippen molar-refractivity contribution in [3.05, 3.63) is 82.5 Å². The van der Waals surface area contributed by atoms with Crippen molar-refractivity contribution in [1.29, 1.82) is 0 Å². The van der Waals surface area contributed by atoms with Crippen LogP contribution >= 0.6 is 11.6 Å². The number of hydrogen-bond donors (Lipinski definition) is 3. The van der Waals surface area contributed by atoms with Gasteiger partial charge in [0.05, 0.1) is 6.10 Å². The molecule has 0 radical (unpaired) electrons. The van der Waals surface area contributed by atoms with Crippen LogP contribution in [0.25, 0.3) is 16.8 Å². The number of hydrogen-bond acceptors (Lipinski definition) is 5. The number of pyridine rings is 1. The molecule has 2 heterocycles. The fourth-order valence-electron chi connectivity index (χ4n) is 3.39. The van der Waals surface area contributed by atoms with E-state index < -0.39 is 6.10 Å². The van der Waals surface area contributed by atoms with E-state index in [1.807, 2.05) is 37.3 Å². The van der Waals surface area contributed by atoms with Crippen LogP contribution in [0.1, 0.15) is 34.0 Å². The zero-order valence-corrected chi connectivity index (χ0v) is 17.7. The standard InChI is InChI=1S/C23H22ClN5O2/c1-14-2-3-16(17-9-11-29-21(13-17)27-23(25)28-29)12-19(14)22(31)26-10-8-20(30)15-4-6-18(24)7-5-15/h2-7,9,11-13,20,30H,8,10H2,1H3,(H2,25,28)(H,26,31)/t20-/m0/s1. The summed E-state index contributed by atoms with van der Waals surface area (Å²) in [6.45, 7) is 2.24. The van der Waals surface area contributed by atoms with Gasteiger partial charge in [-0.2, -0.15) is 4.98 Å². The van der Waals surface area contributed by atoms with E-state index in [1.165, 1.54) is 0 Å². The van der Waals surface area contributed by atoms with Crippen LogP contribution in [0.4, 0.5) is 5.95 Å². The molecule has 1 atom stereocenters. The first kappa shape index (κ1) is 20.8. The van der Waals surface area contributed by atoms with E-state index in [2.05, 4.69) is 15.4 Å². The van der Waals surface area contributed by atoms with Gasteiger partial charge in [-0.15, -0.1) is 5.10 Å². The van der Waals surface area contributed by atoms with Crippen molar-refractivity contribution >= 4 is 29.1 Å². The molecule has 4 rings (SSSR count). The molecule has 0 saturated carbocycles. The second-order valence-electron chi connectivity index (χ2n) is 7.33. The number of aliphatic hydroxyl groups is 1. The molecule has 0 bridgehead atoms. The van der Waals surface area contributed by atoms with Gasteiger partial charge in [-0.25, -0.2) is 4.52 Å². The number of amides is 1. The zero-order valence-electron chi connectivity index (χ0n) is 16.9. The fourth-order valence-corrected chi connectivity index (χ4v) is 3.52. The van der Waals surface area contributed by atoms with Gasteiger partial charge in [-0.05, 0) is 65.9 Å². The molecule has 0 unspecified atom stereocenters. The fraction of sp³-hybridized carbons (Fsp3) is 0.174. The van der Waals surface area contributed by atoms with Crippen molar-refractivity contribution < 1.29 is 9.90 Å². The normalized spacial score (nSPS) is 12.1. The van der Waals surface area contributed by atoms with Gasteiger partial charge in [-0.1, -0.05) is 35.9 Å². The summed E-state index contributed by atoms with van der Waals surface area (Å²) >= 11 is 5.88. The molecule has 0 aliphatic heterocycles. The number of fused-ring (bicyclic) bond motifs is 1. The van der Waals surface area contributed by atoms with Crippen LogP contribution in [0.2, 0.25) is 5.02 Å². The molecular weight excluding hydrogens is 414 g/mol. The number of nitrogens with zero attached hydrogens (tertiary/aromatic N) is 3. The van der Waals surface area contributed by atoms with Gasteiger partial charge in [-0.3, -0.25) is 4.79 Å². The number of aromatic nitrogens is 3. The Morgan fingerprint density at radius 3 is 2.68 bits per heavy atom. The minimum Gasteiger partial charge on any atom is -0.388 e. The van der Waals surface area contributed by atoms with Crippen molar-refractivity contribution in [2.24, 2.45) is 0 Å². The van der Waals surface area contributed by atoms with E-state index in [1.54, 1.807) is 35.0 Å². The summed E-state index contributed by atoms with van der Waals surface area (Å²) in [5, 5.41) is 17.9. The maximum atomic E-state index is 12.8. The Balaban J connectivity index is 1.45. The van der Waals surface area contributed by atoms with E-state index in [9.17, 15) is 9.90 Å². The van der Waals surface area contributed by atoms with Gasteiger partial charge in [0.25, 0.3) is 5.91 Å². The zero-order chi connectivity index (χ0) is 22.0. The Kier molecular flexibility index (Phi) is 5.88. The minimum atomic E-state index is -0.674. The number of rotatable bonds is 6. The average Bonchev–Trinajstić information content (AvgIpc) is 3.13. The van der Waals surface area contributed by atoms with Gasteiger partial charge < -0.3 is 16.2 Å². The largest absolute Gasteiger partial charge is 0.388 e. The van der Waals surface area contributed by atoms with Crippen molar-refractivity contribution in [1.82, 2.24) is 19.9 Å². The summed E-state index contributed by atoms with van der Waals surface area (Å²) in [6, 6.07) is 16.5. The molecule has 0 aliphatic carbocycles. The van der Waals surface area contributed by atoms with Crippen LogP contribution in [0.15, 0.2) is 60.8 Å². The molecule has 8 heteroatoms. The van der Waals surface area contributed by atoms with Gasteiger partial charge >= 0.3 is 0 Å². The lowest BCUT2D eigenvalue weighted by molar-refractivity contribution is 0.0942. The molecule has 31 heavy (non-hydrogen) atoms. The highest BCUT2D eigenvalue weighted by Crippen LogP contribution is 2.24. The molecule has 2 aromatic heterocycles. The molecule has 0 fully saturated rings. The smallest absolute Gasteiger partial charge is 0.251 e. The molecular formula is C23H22ClN5O2. The SMILES string of the molecule is Cc1ccc(-c2ccn3nc(N)nc3c2)cc1C(=O)NCC[C@H](O)c1ccc(Cl)cc1. The highest BCUT2D eigenvalue weighted by Gasteiger charge is 2.13. The Labute approximate surface area is 184 Å². The lowest BCUT2D eigenvalue weighted by Gasteiger charge is -2.13. The van der Waals surface area contributed by atoms with Crippen LogP contribution in [-0.2, 0) is 0 Å². The molecule has 7 nitrogen and oxygen atoms in total. The highest BCUT2D eigenvalue weighted by atomic mass is 35.5. The highest BCUT2D eigenvalue weighted by molar-refractivity contribution is 6.30. The Bertz CT molecular complexity index is 1240. The number of carbonyl (C=O) groups is 1. The predicted octanol–water partition coefficient (Wildman–Crippen LogP) is 3.79. The third-order valence-corrected chi connectivity index (χ3v) is 5.38. The lowest BCUT2D eigenvalue weighted by Crippen LogP contribution is -2.26. The summed E-state index contributed by atoms with van der Waals surface area (Å²) in [5.41, 5.74) is 10.3. The summed E-state index contributed by atoms with van der Waals surface area (Å²) in [4.78, 5) is 17.0. The first-order chi connectivity index (χ1) is 14.9. The molecule has 1 amide bonds. The molecule has 4 aromatic rings. The quantitative estimate of drug-likeness (QED) is 0.427. The number of aliphatic hydroxyl groups excluding tert-OH is 1. The number of aryl methyl sites for hydroxylation is 1. The van der Waals surface area contributed by atoms with Crippen LogP contribution in [0.5, 0.6) is 0 Å². The third-order valence-electron chi connectivity index (χ3n) is 5.13. The topological polar surface area (TPSA) is 106 Å². The van der Waals surface area contributed by atoms with E-state index >= 15 is 0 Å². The Morgan fingerprint density at radius 1 is 1.16 bits per heavy atom. The van der Waals surface area contributed by atoms with E-state index in [0.717, 1.165) is 22.3 Å². The second kappa shape index (κ2) is 8.75. The third kappa shape index (κ3) is 4.68. The maximum Gasteiger partial charge on any atom is 0.251 e. The molecule has 4 N–H and O–H groups in total. The number of carbonyl (C=O) groups excluding carboxylic acids is 1. The molecule has 0 saturated heterocycles. The Hall–Kier alpha value is -3.42. The Morgan fingerprint density at radius 2 is 1.90 bits per heavy atom. The second-order valence-corrected chi connectivity index (χ2v) is 7.77. The van der Waals surface area contributed by atoms with E-state index in [4.69, 9.17) is 17.3 Å². The van der Waals surface area contributed by atoms with Gasteiger partial charge in [0, 0.05) is 23.3 Å². The number of nitrogen functional groups attached to an aromatic ring is 1. The number of halogens is 1. The number of nitrogens with one attached hydrogen (secondary N) is 1. The van der Waals surface area contributed by atoms with Crippen molar-refractivity contribution in [2.45, 2.75) is 19.4 Å². The maximum absolute atomic E-state index is 12.8. The minimum absolute atomic E-state index is 0.185. The first-order valence-electron chi connectivity index (χ1n) is 9.85. The van der Waals surface area contributed by atoms with Crippen LogP contribution in [0.3, 0.4) is 0 Å². The first-order valence-corrected chi connectivity index (χ1v) is 10.2. The van der Waals surface area contributed by atoms with Crippen molar-refractivity contribution in [3.63, 3.8) is 0 Å². The van der Waals surface area contributed by atoms with Gasteiger partial charge in [0.2, 0.25) is 5.95 Å². The number of nitrogens with two attached hydrogens (primary N) is 1. The number of benzene rings is 2. The average molecular weight is 436 g/mol. The molecule has 0 aliphatic rings. The van der Waals surface area contributed by atoms with Crippen LogP contribution in [0, 0.1) is 6.92 Å². The lowest BCUT2D eigenvalue weighted by atomic mass is 9.99. The van der Waals surface area contributed by atoms with Crippen molar-refractivity contribution in [3.8, 4) is 11.1 Å². The van der Waals surface area contributed by atoms with Crippen LogP contribution < -0.4 is 11.1 Å². The summed E-state index contributed by atoms with van der Waals surface area (Å²) < 4.78 is 1.60.